The zero-order valence-electron chi connectivity index (χ0n) is 10.5. The van der Waals surface area contributed by atoms with Crippen LogP contribution in [-0.2, 0) is 0 Å². The van der Waals surface area contributed by atoms with Crippen LogP contribution in [0.2, 0.25) is 0 Å². The number of nitrogen functional groups attached to an aromatic ring is 1. The highest BCUT2D eigenvalue weighted by Crippen LogP contribution is 2.20. The van der Waals surface area contributed by atoms with Crippen molar-refractivity contribution in [1.82, 2.24) is 5.32 Å². The molecule has 0 saturated carbocycles. The normalized spacial score (nSPS) is 9.56. The van der Waals surface area contributed by atoms with E-state index in [2.05, 4.69) is 11.2 Å². The van der Waals surface area contributed by atoms with Crippen molar-refractivity contribution in [3.63, 3.8) is 0 Å². The van der Waals surface area contributed by atoms with Gasteiger partial charge in [-0.25, -0.2) is 0 Å². The van der Waals surface area contributed by atoms with E-state index < -0.39 is 0 Å². The Balaban J connectivity index is 2.56. The van der Waals surface area contributed by atoms with Crippen LogP contribution < -0.4 is 15.8 Å². The standard InChI is InChI=1S/C14H18N2O2/c1-3-4-5-6-9-16-14(17)12-10-11(15)7-8-13(12)18-2/h1,7-8,10H,4-6,9,15H2,2H3,(H,16,17). The van der Waals surface area contributed by atoms with Crippen molar-refractivity contribution in [1.29, 1.82) is 0 Å². The van der Waals surface area contributed by atoms with Crippen LogP contribution in [0.3, 0.4) is 0 Å². The van der Waals surface area contributed by atoms with Crippen LogP contribution in [0.4, 0.5) is 5.69 Å². The first-order chi connectivity index (χ1) is 8.69. The molecule has 1 amide bonds. The number of nitrogens with two attached hydrogens (primary N) is 1. The van der Waals surface area contributed by atoms with E-state index >= 15 is 0 Å². The second-order valence-electron chi connectivity index (χ2n) is 3.88. The number of ether oxygens (including phenoxy) is 1. The number of nitrogens with one attached hydrogen (secondary N) is 1. The third-order valence-electron chi connectivity index (χ3n) is 2.50. The van der Waals surface area contributed by atoms with Gasteiger partial charge in [-0.2, -0.15) is 0 Å². The molecule has 0 saturated heterocycles. The molecule has 18 heavy (non-hydrogen) atoms. The van der Waals surface area contributed by atoms with Gasteiger partial charge in [0.05, 0.1) is 12.7 Å². The van der Waals surface area contributed by atoms with Gasteiger partial charge in [0.25, 0.3) is 5.91 Å². The Morgan fingerprint density at radius 1 is 1.50 bits per heavy atom. The topological polar surface area (TPSA) is 64.4 Å². The molecule has 0 spiro atoms. The molecule has 0 aliphatic carbocycles. The molecule has 3 N–H and O–H groups in total. The summed E-state index contributed by atoms with van der Waals surface area (Å²) in [6, 6.07) is 4.99. The minimum atomic E-state index is -0.181. The third kappa shape index (κ3) is 4.02. The van der Waals surface area contributed by atoms with Crippen LogP contribution in [-0.4, -0.2) is 19.6 Å². The van der Waals surface area contributed by atoms with E-state index in [1.807, 2.05) is 0 Å². The van der Waals surface area contributed by atoms with E-state index in [0.717, 1.165) is 19.3 Å². The van der Waals surface area contributed by atoms with E-state index in [4.69, 9.17) is 16.9 Å². The van der Waals surface area contributed by atoms with Gasteiger partial charge in [-0.3, -0.25) is 4.79 Å². The molecule has 0 bridgehead atoms. The van der Waals surface area contributed by atoms with E-state index in [0.29, 0.717) is 23.5 Å². The first-order valence-electron chi connectivity index (χ1n) is 5.84. The van der Waals surface area contributed by atoms with Crippen molar-refractivity contribution < 1.29 is 9.53 Å². The Kier molecular flexibility index (Phi) is 5.59. The number of terminal acetylenes is 1. The average Bonchev–Trinajstić information content (AvgIpc) is 2.38. The molecular weight excluding hydrogens is 228 g/mol. The Morgan fingerprint density at radius 2 is 2.28 bits per heavy atom. The molecule has 1 aromatic rings. The fourth-order valence-electron chi connectivity index (χ4n) is 1.55. The Labute approximate surface area is 108 Å². The Hall–Kier alpha value is -2.15. The minimum absolute atomic E-state index is 0.181. The summed E-state index contributed by atoms with van der Waals surface area (Å²) in [7, 11) is 1.52. The molecule has 0 radical (unpaired) electrons. The minimum Gasteiger partial charge on any atom is -0.496 e. The molecule has 0 aromatic heterocycles. The highest BCUT2D eigenvalue weighted by molar-refractivity contribution is 5.97. The zero-order valence-corrected chi connectivity index (χ0v) is 10.5. The molecule has 0 aliphatic heterocycles. The Morgan fingerprint density at radius 3 is 2.94 bits per heavy atom. The zero-order chi connectivity index (χ0) is 13.4. The number of methoxy groups -OCH3 is 1. The molecule has 0 heterocycles. The maximum Gasteiger partial charge on any atom is 0.255 e. The summed E-state index contributed by atoms with van der Waals surface area (Å²) in [5, 5.41) is 2.82. The maximum absolute atomic E-state index is 11.9. The lowest BCUT2D eigenvalue weighted by Crippen LogP contribution is -2.25. The lowest BCUT2D eigenvalue weighted by Gasteiger charge is -2.09. The van der Waals surface area contributed by atoms with Crippen LogP contribution in [0.5, 0.6) is 5.75 Å². The van der Waals surface area contributed by atoms with Crippen LogP contribution in [0, 0.1) is 12.3 Å². The van der Waals surface area contributed by atoms with Gasteiger partial charge in [-0.15, -0.1) is 12.3 Å². The molecule has 1 rings (SSSR count). The predicted octanol–water partition coefficient (Wildman–Crippen LogP) is 1.81. The summed E-state index contributed by atoms with van der Waals surface area (Å²) in [5.74, 6) is 2.90. The molecule has 0 atom stereocenters. The first kappa shape index (κ1) is 13.9. The van der Waals surface area contributed by atoms with Crippen molar-refractivity contribution in [2.45, 2.75) is 19.3 Å². The summed E-state index contributed by atoms with van der Waals surface area (Å²) in [5.41, 5.74) is 6.65. The number of unbranched alkanes of at least 4 members (excludes halogenated alkanes) is 2. The SMILES string of the molecule is C#CCCCCNC(=O)c1cc(N)ccc1OC. The molecule has 0 aliphatic rings. The van der Waals surface area contributed by atoms with Crippen LogP contribution in [0.1, 0.15) is 29.6 Å². The number of rotatable bonds is 6. The van der Waals surface area contributed by atoms with E-state index in [-0.39, 0.29) is 5.91 Å². The number of carbonyl (C=O) groups is 1. The van der Waals surface area contributed by atoms with Crippen molar-refractivity contribution in [3.8, 4) is 18.1 Å². The largest absolute Gasteiger partial charge is 0.496 e. The summed E-state index contributed by atoms with van der Waals surface area (Å²) in [6.07, 6.45) is 7.65. The van der Waals surface area contributed by atoms with Gasteiger partial charge in [0, 0.05) is 18.7 Å². The first-order valence-corrected chi connectivity index (χ1v) is 5.84. The average molecular weight is 246 g/mol. The Bertz CT molecular complexity index is 450. The summed E-state index contributed by atoms with van der Waals surface area (Å²) in [6.45, 7) is 0.596. The molecule has 0 unspecified atom stereocenters. The van der Waals surface area contributed by atoms with Gasteiger partial charge in [0.15, 0.2) is 0 Å². The van der Waals surface area contributed by atoms with Crippen LogP contribution in [0.25, 0.3) is 0 Å². The fourth-order valence-corrected chi connectivity index (χ4v) is 1.55. The number of hydrogen-bond acceptors (Lipinski definition) is 3. The van der Waals surface area contributed by atoms with Crippen molar-refractivity contribution in [2.75, 3.05) is 19.4 Å². The van der Waals surface area contributed by atoms with E-state index in [9.17, 15) is 4.79 Å². The van der Waals surface area contributed by atoms with Gasteiger partial charge >= 0.3 is 0 Å². The molecule has 4 heteroatoms. The van der Waals surface area contributed by atoms with Gasteiger partial charge in [0.1, 0.15) is 5.75 Å². The van der Waals surface area contributed by atoms with Gasteiger partial charge < -0.3 is 15.8 Å². The van der Waals surface area contributed by atoms with Crippen LogP contribution >= 0.6 is 0 Å². The highest BCUT2D eigenvalue weighted by Gasteiger charge is 2.11. The van der Waals surface area contributed by atoms with Crippen LogP contribution in [0.15, 0.2) is 18.2 Å². The van der Waals surface area contributed by atoms with Crippen molar-refractivity contribution >= 4 is 11.6 Å². The molecular formula is C14H18N2O2. The smallest absolute Gasteiger partial charge is 0.255 e. The van der Waals surface area contributed by atoms with Gasteiger partial charge in [0.2, 0.25) is 0 Å². The highest BCUT2D eigenvalue weighted by atomic mass is 16.5. The summed E-state index contributed by atoms with van der Waals surface area (Å²) in [4.78, 5) is 11.9. The molecule has 0 fully saturated rings. The number of benzene rings is 1. The summed E-state index contributed by atoms with van der Waals surface area (Å²) >= 11 is 0. The molecule has 1 aromatic carbocycles. The predicted molar refractivity (Wildman–Crippen MR) is 72.4 cm³/mol. The van der Waals surface area contributed by atoms with Gasteiger partial charge in [-0.05, 0) is 31.0 Å². The monoisotopic (exact) mass is 246 g/mol. The number of carbonyl (C=O) groups excluding carboxylic acids is 1. The summed E-state index contributed by atoms with van der Waals surface area (Å²) < 4.78 is 5.12. The quantitative estimate of drug-likeness (QED) is 0.457. The fraction of sp³-hybridized carbons (Fsp3) is 0.357. The molecule has 96 valence electrons. The number of hydrogen-bond donors (Lipinski definition) is 2. The lowest BCUT2D eigenvalue weighted by atomic mass is 10.1. The second kappa shape index (κ2) is 7.23. The van der Waals surface area contributed by atoms with Crippen molar-refractivity contribution in [3.05, 3.63) is 23.8 Å². The van der Waals surface area contributed by atoms with Crippen molar-refractivity contribution in [2.24, 2.45) is 0 Å². The van der Waals surface area contributed by atoms with E-state index in [1.165, 1.54) is 7.11 Å². The second-order valence-corrected chi connectivity index (χ2v) is 3.88. The lowest BCUT2D eigenvalue weighted by molar-refractivity contribution is 0.0950. The van der Waals surface area contributed by atoms with E-state index in [1.54, 1.807) is 18.2 Å². The maximum atomic E-state index is 11.9. The number of amides is 1. The third-order valence-corrected chi connectivity index (χ3v) is 2.50. The van der Waals surface area contributed by atoms with Gasteiger partial charge in [-0.1, -0.05) is 0 Å². The molecule has 4 nitrogen and oxygen atoms in total. The number of anilines is 1.